The van der Waals surface area contributed by atoms with Gasteiger partial charge in [0.25, 0.3) is 5.91 Å². The maximum atomic E-state index is 11.9. The zero-order valence-corrected chi connectivity index (χ0v) is 6.84. The molecule has 2 N–H and O–H groups in total. The molecule has 70 valence electrons. The lowest BCUT2D eigenvalue weighted by Crippen LogP contribution is -2.35. The van der Waals surface area contributed by atoms with Crippen molar-refractivity contribution in [2.75, 3.05) is 13.1 Å². The van der Waals surface area contributed by atoms with Gasteiger partial charge in [0.1, 0.15) is 0 Å². The highest BCUT2D eigenvalue weighted by Gasteiger charge is 2.33. The summed E-state index contributed by atoms with van der Waals surface area (Å²) in [5.74, 6) is -0.984. The molecule has 5 heteroatoms. The van der Waals surface area contributed by atoms with E-state index in [0.29, 0.717) is 6.54 Å². The van der Waals surface area contributed by atoms with E-state index >= 15 is 0 Å². The Morgan fingerprint density at radius 3 is 2.50 bits per heavy atom. The molecule has 0 saturated carbocycles. The third-order valence-corrected chi connectivity index (χ3v) is 2.17. The van der Waals surface area contributed by atoms with Gasteiger partial charge < -0.3 is 10.6 Å². The minimum absolute atomic E-state index is 0.118. The van der Waals surface area contributed by atoms with Crippen LogP contribution in [0.4, 0.5) is 8.78 Å². The average molecular weight is 178 g/mol. The Balaban J connectivity index is 2.52. The molecule has 2 atom stereocenters. The molecule has 1 aliphatic heterocycles. The molecule has 1 rings (SSSR count). The van der Waals surface area contributed by atoms with Gasteiger partial charge in [-0.15, -0.1) is 0 Å². The van der Waals surface area contributed by atoms with Crippen LogP contribution in [0.5, 0.6) is 0 Å². The second-order valence-corrected chi connectivity index (χ2v) is 3.19. The molecule has 2 unspecified atom stereocenters. The maximum Gasteiger partial charge on any atom is 0.315 e. The number of likely N-dealkylation sites (tertiary alicyclic amines) is 1. The Kier molecular flexibility index (Phi) is 2.62. The molecule has 3 nitrogen and oxygen atoms in total. The molecule has 0 aromatic heterocycles. The van der Waals surface area contributed by atoms with Gasteiger partial charge in [-0.25, -0.2) is 0 Å². The van der Waals surface area contributed by atoms with Crippen molar-refractivity contribution < 1.29 is 13.6 Å². The molecule has 1 saturated heterocycles. The smallest absolute Gasteiger partial charge is 0.315 e. The predicted molar refractivity (Wildman–Crippen MR) is 39.7 cm³/mol. The Bertz CT molecular complexity index is 176. The van der Waals surface area contributed by atoms with Crippen LogP contribution < -0.4 is 5.73 Å². The first-order valence-electron chi connectivity index (χ1n) is 3.85. The van der Waals surface area contributed by atoms with Crippen LogP contribution in [0.25, 0.3) is 0 Å². The normalized spacial score (nSPS) is 29.9. The number of amides is 1. The summed E-state index contributed by atoms with van der Waals surface area (Å²) in [4.78, 5) is 11.9. The number of hydrogen-bond acceptors (Lipinski definition) is 2. The zero-order chi connectivity index (χ0) is 9.30. The summed E-state index contributed by atoms with van der Waals surface area (Å²) in [6, 6.07) is -0.160. The highest BCUT2D eigenvalue weighted by Crippen LogP contribution is 2.16. The van der Waals surface area contributed by atoms with Crippen molar-refractivity contribution in [3.05, 3.63) is 0 Å². The number of carbonyl (C=O) groups excluding carboxylic acids is 1. The molecule has 0 aromatic carbocycles. The Hall–Kier alpha value is -0.710. The van der Waals surface area contributed by atoms with Crippen molar-refractivity contribution in [2.24, 2.45) is 11.7 Å². The molecule has 0 aromatic rings. The summed E-state index contributed by atoms with van der Waals surface area (Å²) in [6.07, 6.45) is -2.90. The fourth-order valence-electron chi connectivity index (χ4n) is 1.31. The fraction of sp³-hybridized carbons (Fsp3) is 0.857. The molecular weight excluding hydrogens is 166 g/mol. The summed E-state index contributed by atoms with van der Waals surface area (Å²) in [7, 11) is 0. The summed E-state index contributed by atoms with van der Waals surface area (Å²) >= 11 is 0. The third kappa shape index (κ3) is 1.72. The molecule has 0 aliphatic carbocycles. The van der Waals surface area contributed by atoms with Crippen molar-refractivity contribution in [3.8, 4) is 0 Å². The molecule has 0 bridgehead atoms. The zero-order valence-electron chi connectivity index (χ0n) is 6.84. The number of rotatable bonds is 1. The molecule has 1 fully saturated rings. The van der Waals surface area contributed by atoms with Crippen LogP contribution in [-0.4, -0.2) is 36.4 Å². The van der Waals surface area contributed by atoms with E-state index in [0.717, 1.165) is 4.90 Å². The van der Waals surface area contributed by atoms with Crippen molar-refractivity contribution in [2.45, 2.75) is 19.4 Å². The first-order chi connectivity index (χ1) is 5.52. The summed E-state index contributed by atoms with van der Waals surface area (Å²) in [6.45, 7) is 2.46. The summed E-state index contributed by atoms with van der Waals surface area (Å²) in [5.41, 5.74) is 5.57. The van der Waals surface area contributed by atoms with E-state index in [4.69, 9.17) is 5.73 Å². The molecular formula is C7H12F2N2O. The van der Waals surface area contributed by atoms with Gasteiger partial charge in [0.2, 0.25) is 0 Å². The first kappa shape index (κ1) is 9.38. The molecule has 1 amide bonds. The minimum Gasteiger partial charge on any atom is -0.336 e. The third-order valence-electron chi connectivity index (χ3n) is 2.17. The van der Waals surface area contributed by atoms with Crippen molar-refractivity contribution in [1.82, 2.24) is 4.90 Å². The van der Waals surface area contributed by atoms with Crippen molar-refractivity contribution >= 4 is 5.91 Å². The Labute approximate surface area is 69.5 Å². The number of nitrogens with two attached hydrogens (primary N) is 1. The minimum atomic E-state index is -2.90. The molecule has 12 heavy (non-hydrogen) atoms. The van der Waals surface area contributed by atoms with Gasteiger partial charge in [-0.3, -0.25) is 4.79 Å². The van der Waals surface area contributed by atoms with Crippen LogP contribution in [0, 0.1) is 5.92 Å². The summed E-state index contributed by atoms with van der Waals surface area (Å²) < 4.78 is 23.8. The van der Waals surface area contributed by atoms with Crippen molar-refractivity contribution in [3.63, 3.8) is 0 Å². The van der Waals surface area contributed by atoms with Gasteiger partial charge in [0.05, 0.1) is 0 Å². The largest absolute Gasteiger partial charge is 0.336 e. The first-order valence-corrected chi connectivity index (χ1v) is 3.85. The predicted octanol–water partition coefficient (Wildman–Crippen LogP) is 0.0571. The van der Waals surface area contributed by atoms with E-state index < -0.39 is 12.3 Å². The van der Waals surface area contributed by atoms with Gasteiger partial charge in [-0.1, -0.05) is 6.92 Å². The average Bonchev–Trinajstić information content (AvgIpc) is 2.30. The lowest BCUT2D eigenvalue weighted by Gasteiger charge is -2.14. The molecule has 0 spiro atoms. The van der Waals surface area contributed by atoms with Crippen molar-refractivity contribution in [1.29, 1.82) is 0 Å². The number of nitrogens with zero attached hydrogens (tertiary/aromatic N) is 1. The van der Waals surface area contributed by atoms with E-state index in [9.17, 15) is 13.6 Å². The second kappa shape index (κ2) is 3.35. The molecule has 1 heterocycles. The number of halogens is 2. The Morgan fingerprint density at radius 1 is 1.58 bits per heavy atom. The summed E-state index contributed by atoms with van der Waals surface area (Å²) in [5, 5.41) is 0. The van der Waals surface area contributed by atoms with Crippen LogP contribution in [0.2, 0.25) is 0 Å². The second-order valence-electron chi connectivity index (χ2n) is 3.19. The molecule has 0 radical (unpaired) electrons. The van der Waals surface area contributed by atoms with Gasteiger partial charge in [-0.2, -0.15) is 8.78 Å². The Morgan fingerprint density at radius 2 is 2.17 bits per heavy atom. The van der Waals surface area contributed by atoms with Gasteiger partial charge in [0.15, 0.2) is 0 Å². The van der Waals surface area contributed by atoms with Crippen LogP contribution >= 0.6 is 0 Å². The van der Waals surface area contributed by atoms with E-state index in [2.05, 4.69) is 0 Å². The topological polar surface area (TPSA) is 46.3 Å². The highest BCUT2D eigenvalue weighted by atomic mass is 19.3. The molecule has 1 aliphatic rings. The maximum absolute atomic E-state index is 11.9. The van der Waals surface area contributed by atoms with Crippen LogP contribution in [0.3, 0.4) is 0 Å². The number of alkyl halides is 2. The van der Waals surface area contributed by atoms with Crippen LogP contribution in [-0.2, 0) is 4.79 Å². The lowest BCUT2D eigenvalue weighted by molar-refractivity contribution is -0.141. The van der Waals surface area contributed by atoms with Gasteiger partial charge >= 0.3 is 6.43 Å². The van der Waals surface area contributed by atoms with E-state index in [-0.39, 0.29) is 18.5 Å². The van der Waals surface area contributed by atoms with Crippen LogP contribution in [0.15, 0.2) is 0 Å². The van der Waals surface area contributed by atoms with E-state index in [1.807, 2.05) is 6.92 Å². The monoisotopic (exact) mass is 178 g/mol. The standard InChI is InChI=1S/C7H12F2N2O/c1-4-2-11(3-5(4)10)7(12)6(8)9/h4-6H,2-3,10H2,1H3. The van der Waals surface area contributed by atoms with Crippen LogP contribution in [0.1, 0.15) is 6.92 Å². The van der Waals surface area contributed by atoms with E-state index in [1.54, 1.807) is 0 Å². The number of hydrogen-bond donors (Lipinski definition) is 1. The number of carbonyl (C=O) groups is 1. The quantitative estimate of drug-likeness (QED) is 0.617. The SMILES string of the molecule is CC1CN(C(=O)C(F)F)CC1N. The van der Waals surface area contributed by atoms with Gasteiger partial charge in [0, 0.05) is 19.1 Å². The van der Waals surface area contributed by atoms with E-state index in [1.165, 1.54) is 0 Å². The lowest BCUT2D eigenvalue weighted by atomic mass is 10.1. The highest BCUT2D eigenvalue weighted by molar-refractivity contribution is 5.79. The van der Waals surface area contributed by atoms with Gasteiger partial charge in [-0.05, 0) is 5.92 Å². The fourth-order valence-corrected chi connectivity index (χ4v) is 1.31.